The molecule has 0 fully saturated rings. The van der Waals surface area contributed by atoms with Crippen molar-refractivity contribution < 1.29 is 4.74 Å². The predicted molar refractivity (Wildman–Crippen MR) is 94.3 cm³/mol. The van der Waals surface area contributed by atoms with Crippen LogP contribution in [0.5, 0.6) is 5.19 Å². The lowest BCUT2D eigenvalue weighted by atomic mass is 9.96. The molecule has 1 aromatic carbocycles. The monoisotopic (exact) mass is 330 g/mol. The molecular formula is C17H22N4OS. The summed E-state index contributed by atoms with van der Waals surface area (Å²) in [5.74, 6) is 0. The van der Waals surface area contributed by atoms with Crippen molar-refractivity contribution in [2.45, 2.75) is 25.4 Å². The van der Waals surface area contributed by atoms with Gasteiger partial charge in [0, 0.05) is 18.4 Å². The van der Waals surface area contributed by atoms with Crippen LogP contribution in [0.4, 0.5) is 0 Å². The SMILES string of the molecule is CCC(C(c1ccc2nc(OC)sc2c1)n1ccnc1)N(C)C. The van der Waals surface area contributed by atoms with Crippen LogP contribution in [0.1, 0.15) is 24.9 Å². The Kier molecular flexibility index (Phi) is 4.63. The Morgan fingerprint density at radius 2 is 2.17 bits per heavy atom. The highest BCUT2D eigenvalue weighted by Crippen LogP contribution is 2.33. The topological polar surface area (TPSA) is 43.2 Å². The van der Waals surface area contributed by atoms with E-state index in [0.29, 0.717) is 11.2 Å². The third-order valence-electron chi connectivity index (χ3n) is 4.20. The third-order valence-corrected chi connectivity index (χ3v) is 5.18. The fourth-order valence-corrected chi connectivity index (χ4v) is 3.92. The van der Waals surface area contributed by atoms with Gasteiger partial charge in [-0.25, -0.2) is 9.97 Å². The van der Waals surface area contributed by atoms with Gasteiger partial charge in [0.05, 0.1) is 29.7 Å². The molecule has 0 aliphatic heterocycles. The van der Waals surface area contributed by atoms with Gasteiger partial charge >= 0.3 is 0 Å². The number of hydrogen-bond donors (Lipinski definition) is 0. The molecule has 122 valence electrons. The summed E-state index contributed by atoms with van der Waals surface area (Å²) in [6, 6.07) is 7.08. The highest BCUT2D eigenvalue weighted by Gasteiger charge is 2.25. The molecular weight excluding hydrogens is 308 g/mol. The number of methoxy groups -OCH3 is 1. The minimum Gasteiger partial charge on any atom is -0.473 e. The van der Waals surface area contributed by atoms with Gasteiger partial charge in [-0.15, -0.1) is 0 Å². The van der Waals surface area contributed by atoms with Crippen LogP contribution >= 0.6 is 11.3 Å². The summed E-state index contributed by atoms with van der Waals surface area (Å²) in [5, 5.41) is 0.705. The van der Waals surface area contributed by atoms with Crippen molar-refractivity contribution in [1.82, 2.24) is 19.4 Å². The molecule has 0 N–H and O–H groups in total. The van der Waals surface area contributed by atoms with Crippen molar-refractivity contribution in [3.05, 3.63) is 42.5 Å². The van der Waals surface area contributed by atoms with Crippen LogP contribution in [0.15, 0.2) is 36.9 Å². The fourth-order valence-electron chi connectivity index (χ4n) is 3.09. The van der Waals surface area contributed by atoms with Crippen molar-refractivity contribution in [2.24, 2.45) is 0 Å². The molecule has 23 heavy (non-hydrogen) atoms. The third kappa shape index (κ3) is 3.09. The summed E-state index contributed by atoms with van der Waals surface area (Å²) in [7, 11) is 5.92. The summed E-state index contributed by atoms with van der Waals surface area (Å²) in [6.07, 6.45) is 6.83. The van der Waals surface area contributed by atoms with Crippen molar-refractivity contribution in [1.29, 1.82) is 0 Å². The molecule has 0 aliphatic rings. The first-order chi connectivity index (χ1) is 11.1. The Bertz CT molecular complexity index is 766. The van der Waals surface area contributed by atoms with E-state index in [1.807, 2.05) is 18.7 Å². The number of nitrogens with zero attached hydrogens (tertiary/aromatic N) is 4. The maximum absolute atomic E-state index is 5.26. The molecule has 2 aromatic heterocycles. The summed E-state index contributed by atoms with van der Waals surface area (Å²) in [6.45, 7) is 2.23. The number of aromatic nitrogens is 3. The van der Waals surface area contributed by atoms with Gasteiger partial charge in [0.2, 0.25) is 0 Å². The normalized spacial score (nSPS) is 14.3. The molecule has 3 rings (SSSR count). The zero-order valence-corrected chi connectivity index (χ0v) is 14.7. The number of benzene rings is 1. The maximum atomic E-state index is 5.26. The molecule has 2 atom stereocenters. The fraction of sp³-hybridized carbons (Fsp3) is 0.412. The zero-order valence-electron chi connectivity index (χ0n) is 13.9. The Morgan fingerprint density at radius 1 is 1.35 bits per heavy atom. The van der Waals surface area contributed by atoms with Gasteiger partial charge < -0.3 is 14.2 Å². The second-order valence-corrected chi connectivity index (χ2v) is 6.80. The van der Waals surface area contributed by atoms with Crippen molar-refractivity contribution >= 4 is 21.6 Å². The zero-order chi connectivity index (χ0) is 16.4. The molecule has 0 amide bonds. The van der Waals surface area contributed by atoms with E-state index in [0.717, 1.165) is 16.6 Å². The number of hydrogen-bond acceptors (Lipinski definition) is 5. The lowest BCUT2D eigenvalue weighted by Gasteiger charge is -2.33. The molecule has 0 saturated heterocycles. The first-order valence-electron chi connectivity index (χ1n) is 7.72. The average Bonchev–Trinajstić information content (AvgIpc) is 3.20. The molecule has 2 unspecified atom stereocenters. The Balaban J connectivity index is 2.08. The number of thiazole rings is 1. The lowest BCUT2D eigenvalue weighted by molar-refractivity contribution is 0.227. The number of fused-ring (bicyclic) bond motifs is 1. The van der Waals surface area contributed by atoms with E-state index in [1.165, 1.54) is 5.56 Å². The minimum atomic E-state index is 0.218. The Hall–Kier alpha value is -1.92. The predicted octanol–water partition coefficient (Wildman–Crippen LogP) is 3.43. The highest BCUT2D eigenvalue weighted by atomic mass is 32.1. The number of rotatable bonds is 6. The second kappa shape index (κ2) is 6.68. The molecule has 0 saturated carbocycles. The molecule has 2 heterocycles. The van der Waals surface area contributed by atoms with E-state index < -0.39 is 0 Å². The van der Waals surface area contributed by atoms with Crippen LogP contribution in [0.3, 0.4) is 0 Å². The summed E-state index contributed by atoms with van der Waals surface area (Å²) < 4.78 is 8.60. The van der Waals surface area contributed by atoms with Gasteiger partial charge in [0.1, 0.15) is 0 Å². The highest BCUT2D eigenvalue weighted by molar-refractivity contribution is 7.20. The average molecular weight is 330 g/mol. The quantitative estimate of drug-likeness (QED) is 0.694. The Morgan fingerprint density at radius 3 is 2.78 bits per heavy atom. The van der Waals surface area contributed by atoms with Crippen LogP contribution in [0.25, 0.3) is 10.2 Å². The van der Waals surface area contributed by atoms with E-state index in [-0.39, 0.29) is 6.04 Å². The van der Waals surface area contributed by atoms with Crippen molar-refractivity contribution in [2.75, 3.05) is 21.2 Å². The van der Waals surface area contributed by atoms with Crippen LogP contribution < -0.4 is 4.74 Å². The number of likely N-dealkylation sites (N-methyl/N-ethyl adjacent to an activating group) is 1. The van der Waals surface area contributed by atoms with Gasteiger partial charge in [-0.05, 0) is 38.2 Å². The van der Waals surface area contributed by atoms with Crippen LogP contribution in [-0.2, 0) is 0 Å². The maximum Gasteiger partial charge on any atom is 0.274 e. The molecule has 6 heteroatoms. The summed E-state index contributed by atoms with van der Waals surface area (Å²) in [5.41, 5.74) is 2.25. The van der Waals surface area contributed by atoms with Gasteiger partial charge in [0.25, 0.3) is 5.19 Å². The number of ether oxygens (including phenoxy) is 1. The Labute approximate surface area is 140 Å². The smallest absolute Gasteiger partial charge is 0.274 e. The van der Waals surface area contributed by atoms with E-state index in [2.05, 4.69) is 58.7 Å². The molecule has 0 bridgehead atoms. The largest absolute Gasteiger partial charge is 0.473 e. The standard InChI is InChI=1S/C17H22N4OS/c1-5-14(20(2)3)16(21-9-8-18-11-21)12-6-7-13-15(10-12)23-17(19-13)22-4/h6-11,14,16H,5H2,1-4H3. The van der Waals surface area contributed by atoms with E-state index in [9.17, 15) is 0 Å². The summed E-state index contributed by atoms with van der Waals surface area (Å²) >= 11 is 1.58. The van der Waals surface area contributed by atoms with Gasteiger partial charge in [-0.2, -0.15) is 0 Å². The minimum absolute atomic E-state index is 0.218. The second-order valence-electron chi connectivity index (χ2n) is 5.81. The van der Waals surface area contributed by atoms with Gasteiger partial charge in [-0.3, -0.25) is 0 Å². The molecule has 0 radical (unpaired) electrons. The summed E-state index contributed by atoms with van der Waals surface area (Å²) in [4.78, 5) is 11.0. The van der Waals surface area contributed by atoms with E-state index in [1.54, 1.807) is 18.4 Å². The van der Waals surface area contributed by atoms with E-state index in [4.69, 9.17) is 4.74 Å². The first-order valence-corrected chi connectivity index (χ1v) is 8.54. The molecule has 0 spiro atoms. The van der Waals surface area contributed by atoms with Gasteiger partial charge in [0.15, 0.2) is 0 Å². The van der Waals surface area contributed by atoms with Crippen molar-refractivity contribution in [3.63, 3.8) is 0 Å². The molecule has 5 nitrogen and oxygen atoms in total. The first kappa shape index (κ1) is 16.0. The molecule has 0 aliphatic carbocycles. The van der Waals surface area contributed by atoms with E-state index >= 15 is 0 Å². The van der Waals surface area contributed by atoms with Crippen LogP contribution in [0.2, 0.25) is 0 Å². The molecule has 3 aromatic rings. The van der Waals surface area contributed by atoms with Gasteiger partial charge in [-0.1, -0.05) is 24.3 Å². The number of imidazole rings is 1. The van der Waals surface area contributed by atoms with Crippen molar-refractivity contribution in [3.8, 4) is 5.19 Å². The van der Waals surface area contributed by atoms with Crippen LogP contribution in [0, 0.1) is 0 Å². The van der Waals surface area contributed by atoms with Crippen LogP contribution in [-0.4, -0.2) is 46.7 Å². The lowest BCUT2D eigenvalue weighted by Crippen LogP contribution is -2.36.